The fraction of sp³-hybridized carbons (Fsp3) is 0.400. The van der Waals surface area contributed by atoms with Gasteiger partial charge in [0.25, 0.3) is 23.6 Å². The predicted molar refractivity (Wildman–Crippen MR) is 200 cm³/mol. The van der Waals surface area contributed by atoms with E-state index in [-0.39, 0.29) is 13.2 Å². The Hall–Kier alpha value is -4.56. The van der Waals surface area contributed by atoms with Gasteiger partial charge in [-0.25, -0.2) is 0 Å². The summed E-state index contributed by atoms with van der Waals surface area (Å²) in [5.41, 5.74) is 1.98. The van der Waals surface area contributed by atoms with E-state index in [4.69, 9.17) is 9.68 Å². The van der Waals surface area contributed by atoms with Crippen molar-refractivity contribution < 1.29 is 28.9 Å². The van der Waals surface area contributed by atoms with Gasteiger partial charge in [0.15, 0.2) is 0 Å². The average Bonchev–Trinajstić information content (AvgIpc) is 3.17. The van der Waals surface area contributed by atoms with E-state index in [2.05, 4.69) is 21.3 Å². The van der Waals surface area contributed by atoms with E-state index >= 15 is 0 Å². The van der Waals surface area contributed by atoms with E-state index in [1.165, 1.54) is 0 Å². The third-order valence-corrected chi connectivity index (χ3v) is 9.28. The molecule has 12 nitrogen and oxygen atoms in total. The smallest absolute Gasteiger partial charge is 0.285 e. The summed E-state index contributed by atoms with van der Waals surface area (Å²) in [6.07, 6.45) is 5.64. The molecule has 4 aromatic carbocycles. The number of hydrogen-bond donors (Lipinski definition) is 4. The quantitative estimate of drug-likeness (QED) is 0.0646. The highest BCUT2D eigenvalue weighted by molar-refractivity contribution is 6.25. The molecule has 0 bridgehead atoms. The van der Waals surface area contributed by atoms with Crippen LogP contribution in [0.2, 0.25) is 0 Å². The van der Waals surface area contributed by atoms with Crippen LogP contribution in [0.3, 0.4) is 0 Å². The first-order valence-electron chi connectivity index (χ1n) is 18.5. The molecule has 0 radical (unpaired) electrons. The Labute approximate surface area is 304 Å². The summed E-state index contributed by atoms with van der Waals surface area (Å²) in [7, 11) is 0. The maximum atomic E-state index is 12.9. The Balaban J connectivity index is 0.696. The van der Waals surface area contributed by atoms with Crippen LogP contribution in [-0.2, 0) is 9.68 Å². The Bertz CT molecular complexity index is 1650. The Kier molecular flexibility index (Phi) is 13.4. The minimum atomic E-state index is -0.410. The van der Waals surface area contributed by atoms with Crippen molar-refractivity contribution in [2.24, 2.45) is 0 Å². The number of nitrogens with zero attached hydrogens (tertiary/aromatic N) is 2. The number of hydroxylamine groups is 4. The highest BCUT2D eigenvalue weighted by Gasteiger charge is 2.35. The van der Waals surface area contributed by atoms with Crippen molar-refractivity contribution in [3.63, 3.8) is 0 Å². The second kappa shape index (κ2) is 18.8. The molecule has 274 valence electrons. The Morgan fingerprint density at radius 3 is 1.00 bits per heavy atom. The third kappa shape index (κ3) is 8.90. The molecule has 0 saturated carbocycles. The van der Waals surface area contributed by atoms with E-state index in [0.717, 1.165) is 98.9 Å². The minimum absolute atomic E-state index is 0.280. The molecule has 4 N–H and O–H groups in total. The van der Waals surface area contributed by atoms with Crippen LogP contribution in [0.5, 0.6) is 0 Å². The standard InChI is InChI=1S/C40H48N6O6/c47-37-31-15-3-11-29-12-4-16-32(35(29)31)38(48)45(37)51-27-9-25-43-23-7-21-41-19-1-2-20-42-22-8-24-44-26-10-28-52-46-39(49)33-17-5-13-30-14-6-18-34(36(30)33)40(46)50/h3-6,11-18,41-44H,1-2,7-10,19-28H2. The van der Waals surface area contributed by atoms with Gasteiger partial charge in [0.05, 0.1) is 35.5 Å². The van der Waals surface area contributed by atoms with E-state index in [0.29, 0.717) is 45.9 Å². The second-order valence-electron chi connectivity index (χ2n) is 13.0. The summed E-state index contributed by atoms with van der Waals surface area (Å²) in [6.45, 7) is 7.70. The zero-order chi connectivity index (χ0) is 36.1. The fourth-order valence-corrected chi connectivity index (χ4v) is 6.63. The number of unbranched alkanes of at least 4 members (excludes halogenated alkanes) is 1. The van der Waals surface area contributed by atoms with Crippen LogP contribution in [0.25, 0.3) is 21.5 Å². The molecule has 2 heterocycles. The van der Waals surface area contributed by atoms with Gasteiger partial charge in [-0.3, -0.25) is 28.9 Å². The van der Waals surface area contributed by atoms with Crippen LogP contribution in [0.4, 0.5) is 0 Å². The van der Waals surface area contributed by atoms with E-state index in [1.807, 2.05) is 48.5 Å². The number of amides is 4. The third-order valence-electron chi connectivity index (χ3n) is 9.28. The summed E-state index contributed by atoms with van der Waals surface area (Å²) in [5.74, 6) is -1.64. The van der Waals surface area contributed by atoms with Crippen LogP contribution >= 0.6 is 0 Å². The molecule has 0 atom stereocenters. The van der Waals surface area contributed by atoms with Gasteiger partial charge in [0, 0.05) is 10.8 Å². The van der Waals surface area contributed by atoms with Crippen LogP contribution in [-0.4, -0.2) is 99.3 Å². The van der Waals surface area contributed by atoms with Gasteiger partial charge in [-0.2, -0.15) is 0 Å². The first-order valence-corrected chi connectivity index (χ1v) is 18.5. The highest BCUT2D eigenvalue weighted by Crippen LogP contribution is 2.31. The fourth-order valence-electron chi connectivity index (χ4n) is 6.63. The number of imide groups is 2. The van der Waals surface area contributed by atoms with Crippen LogP contribution < -0.4 is 21.3 Å². The van der Waals surface area contributed by atoms with Crippen molar-refractivity contribution in [3.05, 3.63) is 95.1 Å². The highest BCUT2D eigenvalue weighted by atomic mass is 16.7. The molecule has 0 fully saturated rings. The molecule has 4 amide bonds. The molecule has 0 saturated heterocycles. The number of carbonyl (C=O) groups excluding carboxylic acids is 4. The lowest BCUT2D eigenvalue weighted by Crippen LogP contribution is -2.40. The van der Waals surface area contributed by atoms with Gasteiger partial charge in [-0.1, -0.05) is 48.5 Å². The lowest BCUT2D eigenvalue weighted by molar-refractivity contribution is -0.0958. The molecule has 4 aromatic rings. The molecule has 6 rings (SSSR count). The van der Waals surface area contributed by atoms with Crippen molar-refractivity contribution in [3.8, 4) is 0 Å². The molecule has 2 aliphatic heterocycles. The van der Waals surface area contributed by atoms with E-state index in [1.54, 1.807) is 24.3 Å². The van der Waals surface area contributed by atoms with Crippen molar-refractivity contribution >= 4 is 45.2 Å². The van der Waals surface area contributed by atoms with Crippen LogP contribution in [0, 0.1) is 0 Å². The zero-order valence-corrected chi connectivity index (χ0v) is 29.6. The SMILES string of the molecule is O=C1c2cccc3cccc(c23)C(=O)N1OCCCNCCCNCCCCNCCCNCCCON1C(=O)c2cccc3cccc(c23)C1=O. The van der Waals surface area contributed by atoms with Gasteiger partial charge in [-0.15, -0.1) is 10.1 Å². The lowest BCUT2D eigenvalue weighted by Gasteiger charge is -2.26. The van der Waals surface area contributed by atoms with Crippen molar-refractivity contribution in [1.29, 1.82) is 0 Å². The average molecular weight is 709 g/mol. The van der Waals surface area contributed by atoms with Crippen molar-refractivity contribution in [1.82, 2.24) is 31.4 Å². The first-order chi connectivity index (χ1) is 25.6. The Morgan fingerprint density at radius 1 is 0.385 bits per heavy atom. The molecular formula is C40H48N6O6. The van der Waals surface area contributed by atoms with E-state index in [9.17, 15) is 19.2 Å². The first kappa shape index (κ1) is 37.2. The maximum Gasteiger partial charge on any atom is 0.285 e. The summed E-state index contributed by atoms with van der Waals surface area (Å²) < 4.78 is 0. The predicted octanol–water partition coefficient (Wildman–Crippen LogP) is 4.45. The number of rotatable bonds is 23. The molecule has 0 aromatic heterocycles. The molecule has 52 heavy (non-hydrogen) atoms. The normalized spacial score (nSPS) is 14.0. The van der Waals surface area contributed by atoms with Gasteiger partial charge < -0.3 is 21.3 Å². The molecule has 0 unspecified atom stereocenters. The second-order valence-corrected chi connectivity index (χ2v) is 13.0. The molecule has 0 spiro atoms. The number of benzene rings is 4. The summed E-state index contributed by atoms with van der Waals surface area (Å²) in [4.78, 5) is 62.7. The van der Waals surface area contributed by atoms with E-state index < -0.39 is 23.6 Å². The van der Waals surface area contributed by atoms with Crippen molar-refractivity contribution in [2.75, 3.05) is 65.6 Å². The Morgan fingerprint density at radius 2 is 0.673 bits per heavy atom. The largest absolute Gasteiger partial charge is 0.317 e. The lowest BCUT2D eigenvalue weighted by atomic mass is 9.95. The summed E-state index contributed by atoms with van der Waals surface area (Å²) in [5, 5.41) is 18.7. The number of hydrogen-bond acceptors (Lipinski definition) is 10. The van der Waals surface area contributed by atoms with Gasteiger partial charge in [-0.05, 0) is 126 Å². The summed E-state index contributed by atoms with van der Waals surface area (Å²) >= 11 is 0. The molecule has 2 aliphatic rings. The van der Waals surface area contributed by atoms with Gasteiger partial charge >= 0.3 is 0 Å². The van der Waals surface area contributed by atoms with Gasteiger partial charge in [0.2, 0.25) is 0 Å². The maximum absolute atomic E-state index is 12.9. The van der Waals surface area contributed by atoms with Gasteiger partial charge in [0.1, 0.15) is 0 Å². The zero-order valence-electron chi connectivity index (χ0n) is 29.6. The number of nitrogens with one attached hydrogen (secondary N) is 4. The molecule has 12 heteroatoms. The summed E-state index contributed by atoms with van der Waals surface area (Å²) in [6, 6.07) is 21.8. The molecular weight excluding hydrogens is 660 g/mol. The van der Waals surface area contributed by atoms with Crippen LogP contribution in [0.15, 0.2) is 72.8 Å². The van der Waals surface area contributed by atoms with Crippen LogP contribution in [0.1, 0.15) is 80.0 Å². The number of carbonyl (C=O) groups is 4. The minimum Gasteiger partial charge on any atom is -0.317 e. The molecule has 0 aliphatic carbocycles. The van der Waals surface area contributed by atoms with Crippen molar-refractivity contribution in [2.45, 2.75) is 38.5 Å². The topological polar surface area (TPSA) is 141 Å². The monoisotopic (exact) mass is 708 g/mol.